The number of carbonyl (C=O) groups excluding carboxylic acids is 1. The van der Waals surface area contributed by atoms with Gasteiger partial charge in [-0.25, -0.2) is 9.97 Å². The van der Waals surface area contributed by atoms with Crippen LogP contribution in [0.15, 0.2) is 67.0 Å². The van der Waals surface area contributed by atoms with Crippen molar-refractivity contribution >= 4 is 33.8 Å². The van der Waals surface area contributed by atoms with Gasteiger partial charge in [-0.15, -0.1) is 0 Å². The number of piperidine rings is 1. The SMILES string of the molecule is Nc1nccn2c(C3CCN(C(=O)c4ccc([NH2+][O-])cc4)CC3)nc(-c3cc4ccccc4[nH]3)c12. The van der Waals surface area contributed by atoms with Gasteiger partial charge in [-0.05, 0) is 37.1 Å². The molecule has 3 aromatic heterocycles. The number of aromatic nitrogens is 4. The minimum absolute atomic E-state index is 0.0129. The highest BCUT2D eigenvalue weighted by Crippen LogP contribution is 2.35. The normalized spacial score (nSPS) is 14.7. The third-order valence-corrected chi connectivity index (χ3v) is 6.84. The molecule has 0 spiro atoms. The number of nitrogens with two attached hydrogens (primary N) is 2. The predicted octanol–water partition coefficient (Wildman–Crippen LogP) is 3.17. The Labute approximate surface area is 201 Å². The Kier molecular flexibility index (Phi) is 5.20. The van der Waals surface area contributed by atoms with E-state index in [0.29, 0.717) is 30.2 Å². The molecular formula is C26H25N7O2. The summed E-state index contributed by atoms with van der Waals surface area (Å²) in [6, 6.07) is 17.0. The van der Waals surface area contributed by atoms with E-state index in [9.17, 15) is 10.0 Å². The van der Waals surface area contributed by atoms with Crippen LogP contribution in [0.1, 0.15) is 34.9 Å². The van der Waals surface area contributed by atoms with Gasteiger partial charge in [0.1, 0.15) is 28.5 Å². The van der Waals surface area contributed by atoms with E-state index < -0.39 is 0 Å². The Balaban J connectivity index is 1.29. The highest BCUT2D eigenvalue weighted by Gasteiger charge is 2.29. The van der Waals surface area contributed by atoms with Crippen molar-refractivity contribution < 1.29 is 10.3 Å². The lowest BCUT2D eigenvalue weighted by Gasteiger charge is -2.31. The number of H-pyrrole nitrogens is 1. The number of amides is 1. The lowest BCUT2D eigenvalue weighted by molar-refractivity contribution is -0.497. The fourth-order valence-corrected chi connectivity index (χ4v) is 4.99. The zero-order chi connectivity index (χ0) is 23.9. The molecule has 9 heteroatoms. The van der Waals surface area contributed by atoms with Crippen LogP contribution in [-0.2, 0) is 0 Å². The van der Waals surface area contributed by atoms with Crippen LogP contribution in [0.3, 0.4) is 0 Å². The number of benzene rings is 2. The number of rotatable bonds is 4. The summed E-state index contributed by atoms with van der Waals surface area (Å²) in [6.45, 7) is 1.27. The van der Waals surface area contributed by atoms with Gasteiger partial charge in [0.2, 0.25) is 0 Å². The second kappa shape index (κ2) is 8.53. The number of hydrogen-bond acceptors (Lipinski definition) is 5. The maximum absolute atomic E-state index is 13.0. The van der Waals surface area contributed by atoms with Crippen LogP contribution in [0.5, 0.6) is 0 Å². The number of likely N-dealkylation sites (tertiary alicyclic amines) is 1. The van der Waals surface area contributed by atoms with Gasteiger partial charge in [0, 0.05) is 60.0 Å². The molecule has 4 heterocycles. The molecule has 0 radical (unpaired) electrons. The summed E-state index contributed by atoms with van der Waals surface area (Å²) in [5, 5.41) is 12.0. The van der Waals surface area contributed by atoms with Crippen LogP contribution in [0.25, 0.3) is 27.8 Å². The predicted molar refractivity (Wildman–Crippen MR) is 134 cm³/mol. The first-order chi connectivity index (χ1) is 17.1. The maximum atomic E-state index is 13.0. The number of nitrogens with zero attached hydrogens (tertiary/aromatic N) is 4. The van der Waals surface area contributed by atoms with Crippen molar-refractivity contribution in [3.05, 3.63) is 83.6 Å². The van der Waals surface area contributed by atoms with Crippen LogP contribution >= 0.6 is 0 Å². The standard InChI is InChI=1S/C26H25N7O2/c27-24-23-22(21-15-18-3-1-2-4-20(18)29-21)30-25(33(23)14-11-28-24)16-9-12-32(13-10-16)26(34)17-5-7-19(31-35)8-6-17/h1-8,11,14-16,29H,9-10,12-13,31H2,(H2,27,28). The Morgan fingerprint density at radius 2 is 1.89 bits per heavy atom. The first-order valence-electron chi connectivity index (χ1n) is 11.7. The molecule has 5 aromatic rings. The summed E-state index contributed by atoms with van der Waals surface area (Å²) < 4.78 is 2.05. The second-order valence-corrected chi connectivity index (χ2v) is 8.93. The van der Waals surface area contributed by atoms with E-state index in [2.05, 4.69) is 22.1 Å². The average molecular weight is 468 g/mol. The molecule has 0 aliphatic carbocycles. The van der Waals surface area contributed by atoms with Crippen LogP contribution in [0.4, 0.5) is 11.5 Å². The van der Waals surface area contributed by atoms with Gasteiger partial charge >= 0.3 is 0 Å². The number of fused-ring (bicyclic) bond motifs is 2. The molecule has 176 valence electrons. The van der Waals surface area contributed by atoms with Gasteiger partial charge in [0.25, 0.3) is 5.91 Å². The highest BCUT2D eigenvalue weighted by molar-refractivity contribution is 5.94. The van der Waals surface area contributed by atoms with E-state index in [0.717, 1.165) is 52.0 Å². The van der Waals surface area contributed by atoms with Crippen molar-refractivity contribution in [2.75, 3.05) is 18.8 Å². The molecule has 0 atom stereocenters. The van der Waals surface area contributed by atoms with E-state index in [1.165, 1.54) is 0 Å². The van der Waals surface area contributed by atoms with Gasteiger partial charge in [-0.1, -0.05) is 18.2 Å². The number of imidazole rings is 1. The number of hydrogen-bond donors (Lipinski definition) is 3. The minimum Gasteiger partial charge on any atom is -0.630 e. The largest absolute Gasteiger partial charge is 0.630 e. The first-order valence-corrected chi connectivity index (χ1v) is 11.7. The fraction of sp³-hybridized carbons (Fsp3) is 0.192. The molecule has 0 bridgehead atoms. The number of aromatic amines is 1. The quantitative estimate of drug-likeness (QED) is 0.276. The molecule has 5 N–H and O–H groups in total. The molecule has 1 aliphatic rings. The molecular weight excluding hydrogens is 442 g/mol. The number of para-hydroxylation sites is 1. The molecule has 2 aromatic carbocycles. The summed E-state index contributed by atoms with van der Waals surface area (Å²) in [7, 11) is 0. The second-order valence-electron chi connectivity index (χ2n) is 8.93. The number of quaternary nitrogens is 1. The molecule has 35 heavy (non-hydrogen) atoms. The molecule has 1 saturated heterocycles. The number of carbonyl (C=O) groups is 1. The van der Waals surface area contributed by atoms with Crippen molar-refractivity contribution in [1.82, 2.24) is 24.3 Å². The highest BCUT2D eigenvalue weighted by atomic mass is 16.5. The molecule has 1 fully saturated rings. The van der Waals surface area contributed by atoms with Gasteiger partial charge in [0.05, 0.1) is 5.69 Å². The molecule has 1 amide bonds. The summed E-state index contributed by atoms with van der Waals surface area (Å²) in [5.41, 5.74) is 11.8. The Morgan fingerprint density at radius 1 is 1.11 bits per heavy atom. The monoisotopic (exact) mass is 467 g/mol. The minimum atomic E-state index is -0.0129. The van der Waals surface area contributed by atoms with E-state index >= 15 is 0 Å². The molecule has 0 saturated carbocycles. The van der Waals surface area contributed by atoms with Crippen molar-refractivity contribution in [3.8, 4) is 11.4 Å². The topological polar surface area (TPSA) is 132 Å². The zero-order valence-corrected chi connectivity index (χ0v) is 19.0. The molecule has 1 aliphatic heterocycles. The van der Waals surface area contributed by atoms with Crippen LogP contribution in [0.2, 0.25) is 0 Å². The van der Waals surface area contributed by atoms with E-state index in [1.54, 1.807) is 30.5 Å². The van der Waals surface area contributed by atoms with E-state index in [4.69, 9.17) is 10.7 Å². The lowest BCUT2D eigenvalue weighted by atomic mass is 9.95. The number of anilines is 1. The average Bonchev–Trinajstić information content (AvgIpc) is 3.51. The van der Waals surface area contributed by atoms with Gasteiger partial charge in [0.15, 0.2) is 0 Å². The summed E-state index contributed by atoms with van der Waals surface area (Å²) >= 11 is 0. The smallest absolute Gasteiger partial charge is 0.253 e. The number of nitrogen functional groups attached to an aromatic ring is 1. The Bertz CT molecular complexity index is 1500. The van der Waals surface area contributed by atoms with Crippen molar-refractivity contribution in [1.29, 1.82) is 0 Å². The third-order valence-electron chi connectivity index (χ3n) is 6.84. The van der Waals surface area contributed by atoms with Crippen LogP contribution < -0.4 is 11.2 Å². The van der Waals surface area contributed by atoms with Crippen LogP contribution in [-0.4, -0.2) is 43.2 Å². The molecule has 0 unspecified atom stereocenters. The molecule has 6 rings (SSSR count). The Morgan fingerprint density at radius 3 is 2.63 bits per heavy atom. The molecule has 9 nitrogen and oxygen atoms in total. The van der Waals surface area contributed by atoms with E-state index in [1.807, 2.05) is 33.7 Å². The lowest BCUT2D eigenvalue weighted by Crippen LogP contribution is -2.70. The maximum Gasteiger partial charge on any atom is 0.253 e. The fourth-order valence-electron chi connectivity index (χ4n) is 4.99. The first kappa shape index (κ1) is 21.3. The van der Waals surface area contributed by atoms with Crippen molar-refractivity contribution in [2.24, 2.45) is 0 Å². The summed E-state index contributed by atoms with van der Waals surface area (Å²) in [6.07, 6.45) is 5.20. The Hall–Kier alpha value is -4.21. The zero-order valence-electron chi connectivity index (χ0n) is 19.0. The van der Waals surface area contributed by atoms with Gasteiger partial charge < -0.3 is 26.3 Å². The summed E-state index contributed by atoms with van der Waals surface area (Å²) in [5.74, 6) is 1.54. The third kappa shape index (κ3) is 3.71. The van der Waals surface area contributed by atoms with Crippen molar-refractivity contribution in [2.45, 2.75) is 18.8 Å². The van der Waals surface area contributed by atoms with Gasteiger partial charge in [-0.2, -0.15) is 0 Å². The van der Waals surface area contributed by atoms with Crippen LogP contribution in [0, 0.1) is 5.21 Å². The number of nitrogens with one attached hydrogen (secondary N) is 1. The van der Waals surface area contributed by atoms with Crippen molar-refractivity contribution in [3.63, 3.8) is 0 Å². The summed E-state index contributed by atoms with van der Waals surface area (Å²) in [4.78, 5) is 27.7. The van der Waals surface area contributed by atoms with Gasteiger partial charge in [-0.3, -0.25) is 9.20 Å². The van der Waals surface area contributed by atoms with E-state index in [-0.39, 0.29) is 11.8 Å².